The average molecular weight is 311 g/mol. The van der Waals surface area contributed by atoms with Crippen molar-refractivity contribution >= 4 is 11.6 Å². The molecule has 4 saturated carbocycles. The van der Waals surface area contributed by atoms with Crippen LogP contribution in [0.3, 0.4) is 0 Å². The van der Waals surface area contributed by atoms with Crippen LogP contribution in [0.25, 0.3) is 0 Å². The van der Waals surface area contributed by atoms with Crippen molar-refractivity contribution in [3.63, 3.8) is 0 Å². The lowest BCUT2D eigenvalue weighted by Gasteiger charge is -2.55. The van der Waals surface area contributed by atoms with Crippen LogP contribution < -0.4 is 5.32 Å². The number of carbonyl (C=O) groups excluding carboxylic acids is 1. The molecule has 1 aromatic carbocycles. The van der Waals surface area contributed by atoms with Crippen LogP contribution in [0.5, 0.6) is 0 Å². The molecule has 124 valence electrons. The molecule has 4 fully saturated rings. The molecule has 0 saturated heterocycles. The third kappa shape index (κ3) is 2.60. The van der Waals surface area contributed by atoms with Crippen LogP contribution in [0, 0.1) is 23.2 Å². The molecule has 0 spiro atoms. The van der Waals surface area contributed by atoms with Gasteiger partial charge in [0, 0.05) is 5.69 Å². The van der Waals surface area contributed by atoms with E-state index in [-0.39, 0.29) is 5.41 Å². The molecule has 4 aliphatic rings. The van der Waals surface area contributed by atoms with Gasteiger partial charge in [-0.15, -0.1) is 0 Å². The van der Waals surface area contributed by atoms with Crippen molar-refractivity contribution in [2.75, 3.05) is 5.32 Å². The maximum Gasteiger partial charge on any atom is 0.230 e. The summed E-state index contributed by atoms with van der Waals surface area (Å²) in [5.74, 6) is 3.25. The molecule has 0 radical (unpaired) electrons. The van der Waals surface area contributed by atoms with Gasteiger partial charge in [0.05, 0.1) is 5.41 Å². The van der Waals surface area contributed by atoms with Gasteiger partial charge in [0.15, 0.2) is 0 Å². The van der Waals surface area contributed by atoms with Crippen LogP contribution in [-0.2, 0) is 4.79 Å². The van der Waals surface area contributed by atoms with E-state index in [0.29, 0.717) is 11.8 Å². The van der Waals surface area contributed by atoms with Gasteiger partial charge in [-0.25, -0.2) is 0 Å². The van der Waals surface area contributed by atoms with Gasteiger partial charge in [0.2, 0.25) is 5.91 Å². The number of carbonyl (C=O) groups is 1. The van der Waals surface area contributed by atoms with E-state index in [1.807, 2.05) is 6.07 Å². The van der Waals surface area contributed by atoms with Crippen LogP contribution in [0.15, 0.2) is 24.3 Å². The zero-order chi connectivity index (χ0) is 16.0. The number of benzene rings is 1. The zero-order valence-corrected chi connectivity index (χ0v) is 14.5. The van der Waals surface area contributed by atoms with Crippen LogP contribution in [-0.4, -0.2) is 5.91 Å². The quantitative estimate of drug-likeness (QED) is 0.797. The monoisotopic (exact) mass is 311 g/mol. The molecule has 0 aliphatic heterocycles. The summed E-state index contributed by atoms with van der Waals surface area (Å²) in [4.78, 5) is 13.2. The molecular weight excluding hydrogens is 282 g/mol. The number of rotatable bonds is 4. The van der Waals surface area contributed by atoms with Crippen molar-refractivity contribution in [1.29, 1.82) is 0 Å². The minimum Gasteiger partial charge on any atom is -0.325 e. The van der Waals surface area contributed by atoms with E-state index < -0.39 is 0 Å². The van der Waals surface area contributed by atoms with E-state index in [9.17, 15) is 4.79 Å². The first-order chi connectivity index (χ1) is 11.1. The number of para-hydroxylation sites is 1. The van der Waals surface area contributed by atoms with E-state index in [4.69, 9.17) is 0 Å². The van der Waals surface area contributed by atoms with E-state index in [0.717, 1.165) is 49.1 Å². The lowest BCUT2D eigenvalue weighted by atomic mass is 9.49. The maximum absolute atomic E-state index is 13.2. The highest BCUT2D eigenvalue weighted by Gasteiger charge is 2.54. The lowest BCUT2D eigenvalue weighted by molar-refractivity contribution is -0.140. The summed E-state index contributed by atoms with van der Waals surface area (Å²) in [6.45, 7) is 4.46. The molecule has 1 N–H and O–H groups in total. The predicted octanol–water partition coefficient (Wildman–Crippen LogP) is 5.36. The molecule has 1 atom stereocenters. The van der Waals surface area contributed by atoms with E-state index in [2.05, 4.69) is 37.4 Å². The zero-order valence-electron chi connectivity index (χ0n) is 14.5. The maximum atomic E-state index is 13.2. The number of hydrogen-bond acceptors (Lipinski definition) is 1. The summed E-state index contributed by atoms with van der Waals surface area (Å²) < 4.78 is 0. The Morgan fingerprint density at radius 1 is 1.13 bits per heavy atom. The third-order valence-electron chi connectivity index (χ3n) is 6.87. The second-order valence-corrected chi connectivity index (χ2v) is 8.55. The number of hydrogen-bond donors (Lipinski definition) is 1. The Morgan fingerprint density at radius 2 is 1.70 bits per heavy atom. The van der Waals surface area contributed by atoms with Crippen LogP contribution in [0.4, 0.5) is 5.69 Å². The highest BCUT2D eigenvalue weighted by atomic mass is 16.2. The fourth-order valence-electron chi connectivity index (χ4n) is 5.90. The molecule has 0 unspecified atom stereocenters. The average Bonchev–Trinajstić information content (AvgIpc) is 2.53. The van der Waals surface area contributed by atoms with Crippen molar-refractivity contribution in [3.8, 4) is 0 Å². The molecule has 1 amide bonds. The topological polar surface area (TPSA) is 29.1 Å². The summed E-state index contributed by atoms with van der Waals surface area (Å²) in [7, 11) is 0. The third-order valence-corrected chi connectivity index (χ3v) is 6.87. The van der Waals surface area contributed by atoms with Crippen LogP contribution in [0.2, 0.25) is 0 Å². The molecule has 4 bridgehead atoms. The SMILES string of the molecule is CC[C@@H](C)c1ccccc1NC(=O)C12CC3CC(CC(C3)C1)C2. The Balaban J connectivity index is 1.57. The first-order valence-electron chi connectivity index (χ1n) is 9.50. The fraction of sp³-hybridized carbons (Fsp3) is 0.667. The standard InChI is InChI=1S/C21H29NO/c1-3-14(2)18-6-4-5-7-19(18)22-20(23)21-11-15-8-16(12-21)10-17(9-15)13-21/h4-7,14-17H,3,8-13H2,1-2H3,(H,22,23)/t14-,15?,16?,17?,21?/m1/s1. The number of nitrogens with one attached hydrogen (secondary N) is 1. The van der Waals surface area contributed by atoms with Gasteiger partial charge in [0.25, 0.3) is 0 Å². The Hall–Kier alpha value is -1.31. The summed E-state index contributed by atoms with van der Waals surface area (Å²) >= 11 is 0. The van der Waals surface area contributed by atoms with Gasteiger partial charge in [-0.2, -0.15) is 0 Å². The lowest BCUT2D eigenvalue weighted by Crippen LogP contribution is -2.51. The molecule has 2 heteroatoms. The minimum absolute atomic E-state index is 0.0582. The smallest absolute Gasteiger partial charge is 0.230 e. The molecule has 2 nitrogen and oxygen atoms in total. The highest BCUT2D eigenvalue weighted by Crippen LogP contribution is 2.60. The second-order valence-electron chi connectivity index (χ2n) is 8.55. The van der Waals surface area contributed by atoms with E-state index in [1.54, 1.807) is 0 Å². The molecule has 23 heavy (non-hydrogen) atoms. The Bertz CT molecular complexity index is 570. The fourth-order valence-corrected chi connectivity index (χ4v) is 5.90. The first-order valence-corrected chi connectivity index (χ1v) is 9.50. The van der Waals surface area contributed by atoms with Gasteiger partial charge < -0.3 is 5.32 Å². The van der Waals surface area contributed by atoms with Gasteiger partial charge in [-0.1, -0.05) is 32.0 Å². The van der Waals surface area contributed by atoms with Gasteiger partial charge in [0.1, 0.15) is 0 Å². The van der Waals surface area contributed by atoms with E-state index >= 15 is 0 Å². The molecular formula is C21H29NO. The summed E-state index contributed by atoms with van der Waals surface area (Å²) in [6, 6.07) is 8.38. The van der Waals surface area contributed by atoms with Gasteiger partial charge in [-0.3, -0.25) is 4.79 Å². The largest absolute Gasteiger partial charge is 0.325 e. The van der Waals surface area contributed by atoms with Crippen molar-refractivity contribution < 1.29 is 4.79 Å². The first kappa shape index (κ1) is 15.2. The van der Waals surface area contributed by atoms with Crippen molar-refractivity contribution in [2.45, 2.75) is 64.7 Å². The molecule has 5 rings (SSSR count). The van der Waals surface area contributed by atoms with Gasteiger partial charge >= 0.3 is 0 Å². The Kier molecular flexibility index (Phi) is 3.74. The van der Waals surface area contributed by atoms with Crippen LogP contribution >= 0.6 is 0 Å². The molecule has 0 aromatic heterocycles. The summed E-state index contributed by atoms with van der Waals surface area (Å²) in [6.07, 6.45) is 8.66. The summed E-state index contributed by atoms with van der Waals surface area (Å²) in [5.41, 5.74) is 2.27. The second kappa shape index (κ2) is 5.65. The van der Waals surface area contributed by atoms with Gasteiger partial charge in [-0.05, 0) is 80.2 Å². The summed E-state index contributed by atoms with van der Waals surface area (Å²) in [5, 5.41) is 3.34. The molecule has 0 heterocycles. The van der Waals surface area contributed by atoms with Crippen molar-refractivity contribution in [3.05, 3.63) is 29.8 Å². The minimum atomic E-state index is -0.0582. The highest BCUT2D eigenvalue weighted by molar-refractivity contribution is 5.96. The Morgan fingerprint density at radius 3 is 2.26 bits per heavy atom. The van der Waals surface area contributed by atoms with E-state index in [1.165, 1.54) is 24.8 Å². The number of amides is 1. The molecule has 1 aromatic rings. The normalized spacial score (nSPS) is 36.0. The Labute approximate surface area is 140 Å². The number of anilines is 1. The molecule has 4 aliphatic carbocycles. The predicted molar refractivity (Wildman–Crippen MR) is 94.4 cm³/mol. The van der Waals surface area contributed by atoms with Crippen LogP contribution in [0.1, 0.15) is 70.3 Å². The van der Waals surface area contributed by atoms with Crippen molar-refractivity contribution in [2.24, 2.45) is 23.2 Å². The van der Waals surface area contributed by atoms with Crippen molar-refractivity contribution in [1.82, 2.24) is 0 Å².